The van der Waals surface area contributed by atoms with Crippen molar-refractivity contribution in [1.29, 1.82) is 0 Å². The number of esters is 1. The lowest BCUT2D eigenvalue weighted by Crippen LogP contribution is -2.14. The maximum atomic E-state index is 11.5. The molecule has 0 fully saturated rings. The van der Waals surface area contributed by atoms with Gasteiger partial charge in [0, 0.05) is 0 Å². The summed E-state index contributed by atoms with van der Waals surface area (Å²) in [6.45, 7) is 6.63. The molecule has 0 saturated heterocycles. The van der Waals surface area contributed by atoms with Gasteiger partial charge in [0.15, 0.2) is 0 Å². The predicted octanol–water partition coefficient (Wildman–Crippen LogP) is 6.28. The molecular formula is C19H38O2. The van der Waals surface area contributed by atoms with E-state index < -0.39 is 0 Å². The van der Waals surface area contributed by atoms with E-state index in [1.807, 2.05) is 13.8 Å². The lowest BCUT2D eigenvalue weighted by atomic mass is 10.0. The Morgan fingerprint density at radius 1 is 0.762 bits per heavy atom. The van der Waals surface area contributed by atoms with Gasteiger partial charge in [-0.3, -0.25) is 4.79 Å². The number of unbranched alkanes of at least 4 members (excludes halogenated alkanes) is 11. The molecule has 0 bridgehead atoms. The van der Waals surface area contributed by atoms with Gasteiger partial charge in [-0.2, -0.15) is 0 Å². The van der Waals surface area contributed by atoms with Gasteiger partial charge in [-0.25, -0.2) is 0 Å². The molecule has 21 heavy (non-hydrogen) atoms. The predicted molar refractivity (Wildman–Crippen MR) is 91.5 cm³/mol. The Morgan fingerprint density at radius 2 is 1.19 bits per heavy atom. The maximum absolute atomic E-state index is 11.5. The molecule has 0 aromatic carbocycles. The number of rotatable bonds is 15. The first kappa shape index (κ1) is 20.5. The molecule has 0 aromatic rings. The zero-order valence-corrected chi connectivity index (χ0v) is 14.8. The van der Waals surface area contributed by atoms with Crippen molar-refractivity contribution in [1.82, 2.24) is 0 Å². The summed E-state index contributed by atoms with van der Waals surface area (Å²) in [6, 6.07) is 0. The average molecular weight is 299 g/mol. The van der Waals surface area contributed by atoms with Gasteiger partial charge in [0.25, 0.3) is 0 Å². The molecule has 0 saturated carbocycles. The minimum atomic E-state index is -0.0272. The monoisotopic (exact) mass is 298 g/mol. The van der Waals surface area contributed by atoms with Crippen molar-refractivity contribution in [3.8, 4) is 0 Å². The van der Waals surface area contributed by atoms with Gasteiger partial charge in [-0.15, -0.1) is 0 Å². The summed E-state index contributed by atoms with van der Waals surface area (Å²) in [5.41, 5.74) is 0. The number of ether oxygens (including phenoxy) is 1. The van der Waals surface area contributed by atoms with Crippen LogP contribution in [0.4, 0.5) is 0 Å². The zero-order chi connectivity index (χ0) is 15.8. The van der Waals surface area contributed by atoms with Crippen molar-refractivity contribution in [2.24, 2.45) is 5.92 Å². The highest BCUT2D eigenvalue weighted by Crippen LogP contribution is 2.15. The zero-order valence-electron chi connectivity index (χ0n) is 14.8. The van der Waals surface area contributed by atoms with Crippen LogP contribution < -0.4 is 0 Å². The van der Waals surface area contributed by atoms with Crippen molar-refractivity contribution < 1.29 is 9.53 Å². The van der Waals surface area contributed by atoms with E-state index in [4.69, 9.17) is 4.74 Å². The van der Waals surface area contributed by atoms with Crippen molar-refractivity contribution in [2.45, 2.75) is 104 Å². The van der Waals surface area contributed by atoms with Crippen LogP contribution in [0.5, 0.6) is 0 Å². The van der Waals surface area contributed by atoms with Crippen LogP contribution in [-0.2, 0) is 9.53 Å². The summed E-state index contributed by atoms with van der Waals surface area (Å²) < 4.78 is 5.02. The Hall–Kier alpha value is -0.530. The number of hydrogen-bond acceptors (Lipinski definition) is 2. The molecule has 2 heteroatoms. The third kappa shape index (κ3) is 14.2. The van der Waals surface area contributed by atoms with E-state index in [0.29, 0.717) is 6.61 Å². The fraction of sp³-hybridized carbons (Fsp3) is 0.947. The van der Waals surface area contributed by atoms with E-state index in [9.17, 15) is 4.79 Å². The molecule has 1 atom stereocenters. The van der Waals surface area contributed by atoms with Gasteiger partial charge >= 0.3 is 5.97 Å². The summed E-state index contributed by atoms with van der Waals surface area (Å²) in [5.74, 6) is 0.0497. The van der Waals surface area contributed by atoms with E-state index in [0.717, 1.165) is 12.8 Å². The minimum absolute atomic E-state index is 0.0272. The first-order valence-corrected chi connectivity index (χ1v) is 9.39. The van der Waals surface area contributed by atoms with Crippen LogP contribution in [0, 0.1) is 5.92 Å². The second-order valence-electron chi connectivity index (χ2n) is 6.33. The minimum Gasteiger partial charge on any atom is -0.466 e. The van der Waals surface area contributed by atoms with Gasteiger partial charge < -0.3 is 4.74 Å². The molecule has 0 aromatic heterocycles. The topological polar surface area (TPSA) is 26.3 Å². The first-order valence-electron chi connectivity index (χ1n) is 9.39. The molecule has 0 radical (unpaired) electrons. The Labute approximate surface area is 133 Å². The molecule has 0 amide bonds. The van der Waals surface area contributed by atoms with Crippen molar-refractivity contribution in [2.75, 3.05) is 6.61 Å². The van der Waals surface area contributed by atoms with Crippen LogP contribution in [0.3, 0.4) is 0 Å². The third-order valence-corrected chi connectivity index (χ3v) is 4.18. The second-order valence-corrected chi connectivity index (χ2v) is 6.33. The number of hydrogen-bond donors (Lipinski definition) is 0. The second kappa shape index (κ2) is 15.9. The molecule has 0 aliphatic heterocycles. The smallest absolute Gasteiger partial charge is 0.308 e. The Morgan fingerprint density at radius 3 is 1.62 bits per heavy atom. The van der Waals surface area contributed by atoms with E-state index in [-0.39, 0.29) is 11.9 Å². The van der Waals surface area contributed by atoms with Crippen molar-refractivity contribution in [3.05, 3.63) is 0 Å². The largest absolute Gasteiger partial charge is 0.466 e. The standard InChI is InChI=1S/C19H38O2/c1-4-6-7-8-9-10-11-12-13-14-15-16-17-18(3)19(20)21-5-2/h18H,4-17H2,1-3H3. The lowest BCUT2D eigenvalue weighted by molar-refractivity contribution is -0.147. The molecule has 0 aliphatic rings. The molecule has 2 nitrogen and oxygen atoms in total. The van der Waals surface area contributed by atoms with Crippen LogP contribution in [0.1, 0.15) is 104 Å². The number of carbonyl (C=O) groups is 1. The van der Waals surface area contributed by atoms with Crippen LogP contribution in [0.2, 0.25) is 0 Å². The van der Waals surface area contributed by atoms with Gasteiger partial charge in [0.2, 0.25) is 0 Å². The molecule has 126 valence electrons. The number of carbonyl (C=O) groups excluding carboxylic acids is 1. The van der Waals surface area contributed by atoms with Gasteiger partial charge in [0.05, 0.1) is 12.5 Å². The SMILES string of the molecule is CCCCCCCCCCCCCCC(C)C(=O)OCC. The first-order chi connectivity index (χ1) is 10.2. The lowest BCUT2D eigenvalue weighted by Gasteiger charge is -2.09. The Balaban J connectivity index is 3.17. The summed E-state index contributed by atoms with van der Waals surface area (Å²) in [5, 5.41) is 0. The summed E-state index contributed by atoms with van der Waals surface area (Å²) in [6.07, 6.45) is 17.3. The maximum Gasteiger partial charge on any atom is 0.308 e. The van der Waals surface area contributed by atoms with Crippen molar-refractivity contribution >= 4 is 5.97 Å². The molecule has 0 N–H and O–H groups in total. The van der Waals surface area contributed by atoms with Crippen molar-refractivity contribution in [3.63, 3.8) is 0 Å². The van der Waals surface area contributed by atoms with Crippen LogP contribution in [-0.4, -0.2) is 12.6 Å². The Bertz CT molecular complexity index is 226. The van der Waals surface area contributed by atoms with Crippen LogP contribution >= 0.6 is 0 Å². The highest BCUT2D eigenvalue weighted by Gasteiger charge is 2.12. The molecule has 0 spiro atoms. The van der Waals surface area contributed by atoms with Gasteiger partial charge in [-0.05, 0) is 13.3 Å². The molecular weight excluding hydrogens is 260 g/mol. The van der Waals surface area contributed by atoms with Gasteiger partial charge in [0.1, 0.15) is 0 Å². The normalized spacial score (nSPS) is 12.3. The summed E-state index contributed by atoms with van der Waals surface area (Å²) in [7, 11) is 0. The van der Waals surface area contributed by atoms with E-state index in [2.05, 4.69) is 6.92 Å². The highest BCUT2D eigenvalue weighted by atomic mass is 16.5. The molecule has 0 heterocycles. The van der Waals surface area contributed by atoms with Crippen LogP contribution in [0.25, 0.3) is 0 Å². The average Bonchev–Trinajstić information content (AvgIpc) is 2.48. The third-order valence-electron chi connectivity index (χ3n) is 4.18. The fourth-order valence-electron chi connectivity index (χ4n) is 2.69. The molecule has 1 unspecified atom stereocenters. The van der Waals surface area contributed by atoms with E-state index in [1.54, 1.807) is 0 Å². The quantitative estimate of drug-likeness (QED) is 0.263. The van der Waals surface area contributed by atoms with Gasteiger partial charge in [-0.1, -0.05) is 90.9 Å². The fourth-order valence-corrected chi connectivity index (χ4v) is 2.69. The molecule has 0 aliphatic carbocycles. The van der Waals surface area contributed by atoms with E-state index >= 15 is 0 Å². The molecule has 0 rings (SSSR count). The van der Waals surface area contributed by atoms with Crippen LogP contribution in [0.15, 0.2) is 0 Å². The van der Waals surface area contributed by atoms with E-state index in [1.165, 1.54) is 70.6 Å². The Kier molecular flexibility index (Phi) is 15.5. The summed E-state index contributed by atoms with van der Waals surface area (Å²) in [4.78, 5) is 11.5. The highest BCUT2D eigenvalue weighted by molar-refractivity contribution is 5.71. The summed E-state index contributed by atoms with van der Waals surface area (Å²) >= 11 is 0.